The highest BCUT2D eigenvalue weighted by molar-refractivity contribution is 7.13. The summed E-state index contributed by atoms with van der Waals surface area (Å²) in [5.74, 6) is 0.911. The van der Waals surface area contributed by atoms with Crippen molar-refractivity contribution in [3.8, 4) is 16.3 Å². The van der Waals surface area contributed by atoms with Gasteiger partial charge < -0.3 is 10.1 Å². The van der Waals surface area contributed by atoms with E-state index in [1.54, 1.807) is 6.07 Å². The number of thiazole rings is 1. The fourth-order valence-corrected chi connectivity index (χ4v) is 4.17. The zero-order chi connectivity index (χ0) is 24.1. The number of halogens is 3. The van der Waals surface area contributed by atoms with E-state index >= 15 is 0 Å². The molecule has 0 radical (unpaired) electrons. The van der Waals surface area contributed by atoms with Crippen LogP contribution in [0.3, 0.4) is 0 Å². The number of nitrogens with one attached hydrogen (secondary N) is 1. The molecular formula is C24H21F3N4O2S. The van der Waals surface area contributed by atoms with Gasteiger partial charge in [-0.2, -0.15) is 18.3 Å². The number of para-hydroxylation sites is 1. The summed E-state index contributed by atoms with van der Waals surface area (Å²) < 4.78 is 45.5. The van der Waals surface area contributed by atoms with Crippen LogP contribution in [0.5, 0.6) is 5.75 Å². The van der Waals surface area contributed by atoms with Crippen molar-refractivity contribution in [2.45, 2.75) is 26.1 Å². The maximum absolute atomic E-state index is 12.8. The average Bonchev–Trinajstić information content (AvgIpc) is 3.44. The van der Waals surface area contributed by atoms with Crippen molar-refractivity contribution in [3.63, 3.8) is 0 Å². The number of rotatable bonds is 8. The predicted octanol–water partition coefficient (Wildman–Crippen LogP) is 5.65. The molecule has 0 aliphatic carbocycles. The van der Waals surface area contributed by atoms with E-state index < -0.39 is 11.7 Å². The molecule has 2 heterocycles. The molecule has 0 saturated carbocycles. The van der Waals surface area contributed by atoms with Gasteiger partial charge in [-0.3, -0.25) is 4.79 Å². The van der Waals surface area contributed by atoms with Gasteiger partial charge in [-0.15, -0.1) is 11.3 Å². The highest BCUT2D eigenvalue weighted by Gasteiger charge is 2.29. The fourth-order valence-electron chi connectivity index (χ4n) is 3.33. The molecule has 0 saturated heterocycles. The van der Waals surface area contributed by atoms with Crippen molar-refractivity contribution >= 4 is 23.1 Å². The van der Waals surface area contributed by atoms with Gasteiger partial charge in [0.05, 0.1) is 42.6 Å². The van der Waals surface area contributed by atoms with Crippen molar-refractivity contribution in [1.82, 2.24) is 14.8 Å². The molecule has 0 aliphatic rings. The molecule has 6 nitrogen and oxygen atoms in total. The molecule has 0 unspecified atom stereocenters. The molecule has 34 heavy (non-hydrogen) atoms. The number of hydrogen-bond acceptors (Lipinski definition) is 5. The zero-order valence-corrected chi connectivity index (χ0v) is 19.0. The number of hydrogen-bond donors (Lipinski definition) is 1. The third kappa shape index (κ3) is 5.63. The van der Waals surface area contributed by atoms with Crippen LogP contribution in [0.15, 0.2) is 66.2 Å². The van der Waals surface area contributed by atoms with Gasteiger partial charge in [0, 0.05) is 11.4 Å². The molecule has 0 fully saturated rings. The van der Waals surface area contributed by atoms with Gasteiger partial charge in [-0.1, -0.05) is 24.3 Å². The lowest BCUT2D eigenvalue weighted by atomic mass is 10.1. The summed E-state index contributed by atoms with van der Waals surface area (Å²) in [6.45, 7) is 2.67. The molecule has 1 N–H and O–H groups in total. The molecule has 0 atom stereocenters. The average molecular weight is 487 g/mol. The largest absolute Gasteiger partial charge is 0.493 e. The number of anilines is 1. The lowest BCUT2D eigenvalue weighted by Gasteiger charge is -2.10. The van der Waals surface area contributed by atoms with E-state index in [1.165, 1.54) is 34.3 Å². The predicted molar refractivity (Wildman–Crippen MR) is 124 cm³/mol. The number of nitrogens with zero attached hydrogens (tertiary/aromatic N) is 3. The van der Waals surface area contributed by atoms with Gasteiger partial charge in [-0.25, -0.2) is 9.67 Å². The normalized spacial score (nSPS) is 11.4. The van der Waals surface area contributed by atoms with Crippen LogP contribution in [-0.2, 0) is 23.9 Å². The summed E-state index contributed by atoms with van der Waals surface area (Å²) in [5.41, 5.74) is 1.41. The Kier molecular flexibility index (Phi) is 6.97. The molecule has 0 bridgehead atoms. The van der Waals surface area contributed by atoms with Crippen LogP contribution in [0.25, 0.3) is 10.6 Å². The number of benzene rings is 2. The van der Waals surface area contributed by atoms with Crippen molar-refractivity contribution in [1.29, 1.82) is 0 Å². The summed E-state index contributed by atoms with van der Waals surface area (Å²) in [6.07, 6.45) is -2.80. The summed E-state index contributed by atoms with van der Waals surface area (Å²) in [4.78, 5) is 17.2. The summed E-state index contributed by atoms with van der Waals surface area (Å²) in [6, 6.07) is 14.1. The minimum atomic E-state index is -4.38. The molecule has 4 rings (SSSR count). The molecule has 0 spiro atoms. The zero-order valence-electron chi connectivity index (χ0n) is 18.2. The van der Waals surface area contributed by atoms with Gasteiger partial charge in [0.2, 0.25) is 5.91 Å². The molecule has 10 heteroatoms. The van der Waals surface area contributed by atoms with E-state index in [4.69, 9.17) is 4.74 Å². The smallest absolute Gasteiger partial charge is 0.416 e. The first-order valence-electron chi connectivity index (χ1n) is 10.5. The Morgan fingerprint density at radius 1 is 1.12 bits per heavy atom. The number of carbonyl (C=O) groups is 1. The number of carbonyl (C=O) groups excluding carboxylic acids is 1. The fraction of sp³-hybridized carbons (Fsp3) is 0.208. The SMILES string of the molecule is CCOc1ccccc1-c1nc(CC(=O)Nc2ccnn2Cc2ccc(C(F)(F)F)cc2)cs1. The Balaban J connectivity index is 1.40. The highest BCUT2D eigenvalue weighted by Crippen LogP contribution is 2.32. The molecular weight excluding hydrogens is 465 g/mol. The molecule has 2 aromatic heterocycles. The number of ether oxygens (including phenoxy) is 1. The topological polar surface area (TPSA) is 69.0 Å². The Labute approximate surface area is 198 Å². The lowest BCUT2D eigenvalue weighted by Crippen LogP contribution is -2.18. The van der Waals surface area contributed by atoms with E-state index in [0.717, 1.165) is 28.5 Å². The van der Waals surface area contributed by atoms with Crippen LogP contribution in [0.2, 0.25) is 0 Å². The standard InChI is InChI=1S/C24H21F3N4O2S/c1-2-33-20-6-4-3-5-19(20)23-29-18(15-34-23)13-22(32)30-21-11-12-28-31(21)14-16-7-9-17(10-8-16)24(25,26)27/h3-12,15H,2,13-14H2,1H3,(H,30,32). The number of amides is 1. The van der Waals surface area contributed by atoms with Crippen LogP contribution in [0.1, 0.15) is 23.7 Å². The molecule has 2 aromatic carbocycles. The maximum Gasteiger partial charge on any atom is 0.416 e. The van der Waals surface area contributed by atoms with E-state index in [0.29, 0.717) is 23.7 Å². The van der Waals surface area contributed by atoms with Crippen molar-refractivity contribution in [2.75, 3.05) is 11.9 Å². The first-order chi connectivity index (χ1) is 16.3. The van der Waals surface area contributed by atoms with E-state index in [1.807, 2.05) is 36.6 Å². The third-order valence-electron chi connectivity index (χ3n) is 4.91. The maximum atomic E-state index is 12.8. The summed E-state index contributed by atoms with van der Waals surface area (Å²) in [5, 5.41) is 9.56. The molecule has 4 aromatic rings. The minimum absolute atomic E-state index is 0.0682. The summed E-state index contributed by atoms with van der Waals surface area (Å²) >= 11 is 1.43. The second-order valence-electron chi connectivity index (χ2n) is 7.37. The van der Waals surface area contributed by atoms with E-state index in [-0.39, 0.29) is 18.9 Å². The van der Waals surface area contributed by atoms with Crippen LogP contribution in [-0.4, -0.2) is 27.3 Å². The highest BCUT2D eigenvalue weighted by atomic mass is 32.1. The van der Waals surface area contributed by atoms with E-state index in [9.17, 15) is 18.0 Å². The van der Waals surface area contributed by atoms with Gasteiger partial charge >= 0.3 is 6.18 Å². The van der Waals surface area contributed by atoms with Crippen LogP contribution in [0, 0.1) is 0 Å². The molecule has 176 valence electrons. The minimum Gasteiger partial charge on any atom is -0.493 e. The van der Waals surface area contributed by atoms with Gasteiger partial charge in [0.15, 0.2) is 0 Å². The Hall–Kier alpha value is -3.66. The quantitative estimate of drug-likeness (QED) is 0.349. The first-order valence-corrected chi connectivity index (χ1v) is 11.4. The van der Waals surface area contributed by atoms with Crippen LogP contribution >= 0.6 is 11.3 Å². The summed E-state index contributed by atoms with van der Waals surface area (Å²) in [7, 11) is 0. The van der Waals surface area contributed by atoms with Crippen LogP contribution in [0.4, 0.5) is 19.0 Å². The Bertz CT molecular complexity index is 1270. The number of aromatic nitrogens is 3. The van der Waals surface area contributed by atoms with Crippen molar-refractivity contribution in [3.05, 3.63) is 83.0 Å². The molecule has 1 amide bonds. The van der Waals surface area contributed by atoms with Crippen molar-refractivity contribution in [2.24, 2.45) is 0 Å². The van der Waals surface area contributed by atoms with Gasteiger partial charge in [-0.05, 0) is 36.8 Å². The Morgan fingerprint density at radius 3 is 2.62 bits per heavy atom. The van der Waals surface area contributed by atoms with Crippen LogP contribution < -0.4 is 10.1 Å². The monoisotopic (exact) mass is 486 g/mol. The van der Waals surface area contributed by atoms with Gasteiger partial charge in [0.25, 0.3) is 0 Å². The lowest BCUT2D eigenvalue weighted by molar-refractivity contribution is -0.137. The number of alkyl halides is 3. The van der Waals surface area contributed by atoms with Gasteiger partial charge in [0.1, 0.15) is 16.6 Å². The molecule has 0 aliphatic heterocycles. The third-order valence-corrected chi connectivity index (χ3v) is 5.83. The second kappa shape index (κ2) is 10.1. The van der Waals surface area contributed by atoms with E-state index in [2.05, 4.69) is 15.4 Å². The van der Waals surface area contributed by atoms with Crippen molar-refractivity contribution < 1.29 is 22.7 Å². The second-order valence-corrected chi connectivity index (χ2v) is 8.23. The first kappa shape index (κ1) is 23.5. The Morgan fingerprint density at radius 2 is 1.88 bits per heavy atom.